The summed E-state index contributed by atoms with van der Waals surface area (Å²) in [5.74, 6) is 0.572. The highest BCUT2D eigenvalue weighted by atomic mass is 16.6. The normalized spacial score (nSPS) is 29.5. The second-order valence-corrected chi connectivity index (χ2v) is 7.44. The molecule has 2 aliphatic rings. The molecule has 1 saturated heterocycles. The molecule has 1 heterocycles. The molecule has 2 rings (SSSR count). The van der Waals surface area contributed by atoms with E-state index in [9.17, 15) is 9.59 Å². The lowest BCUT2D eigenvalue weighted by atomic mass is 10.0. The van der Waals surface area contributed by atoms with Crippen molar-refractivity contribution >= 4 is 12.0 Å². The van der Waals surface area contributed by atoms with E-state index in [1.807, 2.05) is 20.8 Å². The van der Waals surface area contributed by atoms with Gasteiger partial charge >= 0.3 is 6.09 Å². The van der Waals surface area contributed by atoms with Crippen molar-refractivity contribution in [3.05, 3.63) is 0 Å². The van der Waals surface area contributed by atoms with Crippen LogP contribution in [-0.4, -0.2) is 41.6 Å². The van der Waals surface area contributed by atoms with Crippen molar-refractivity contribution in [2.75, 3.05) is 13.1 Å². The van der Waals surface area contributed by atoms with Crippen LogP contribution in [0.1, 0.15) is 53.4 Å². The summed E-state index contributed by atoms with van der Waals surface area (Å²) in [7, 11) is 0. The van der Waals surface area contributed by atoms with E-state index in [0.29, 0.717) is 25.0 Å². The van der Waals surface area contributed by atoms with E-state index in [2.05, 4.69) is 12.2 Å². The fourth-order valence-electron chi connectivity index (χ4n) is 3.13. The van der Waals surface area contributed by atoms with Gasteiger partial charge in [-0.05, 0) is 46.0 Å². The lowest BCUT2D eigenvalue weighted by Gasteiger charge is -2.24. The summed E-state index contributed by atoms with van der Waals surface area (Å²) in [6.07, 6.45) is 3.88. The van der Waals surface area contributed by atoms with Crippen LogP contribution in [0.2, 0.25) is 0 Å². The second kappa shape index (κ2) is 6.24. The molecule has 0 radical (unpaired) electrons. The smallest absolute Gasteiger partial charge is 0.410 e. The molecule has 5 nitrogen and oxygen atoms in total. The summed E-state index contributed by atoms with van der Waals surface area (Å²) >= 11 is 0. The lowest BCUT2D eigenvalue weighted by Crippen LogP contribution is -2.42. The fraction of sp³-hybridized carbons (Fsp3) is 0.875. The maximum Gasteiger partial charge on any atom is 0.410 e. The summed E-state index contributed by atoms with van der Waals surface area (Å²) in [5, 5.41) is 3.16. The minimum Gasteiger partial charge on any atom is -0.444 e. The summed E-state index contributed by atoms with van der Waals surface area (Å²) < 4.78 is 5.36. The van der Waals surface area contributed by atoms with Crippen LogP contribution in [0.4, 0.5) is 4.79 Å². The van der Waals surface area contributed by atoms with Gasteiger partial charge in [-0.15, -0.1) is 0 Å². The quantitative estimate of drug-likeness (QED) is 0.852. The first-order valence-electron chi connectivity index (χ1n) is 8.04. The molecule has 1 N–H and O–H groups in total. The Hall–Kier alpha value is -1.26. The van der Waals surface area contributed by atoms with Crippen LogP contribution in [0.3, 0.4) is 0 Å². The minimum absolute atomic E-state index is 0.0923. The van der Waals surface area contributed by atoms with Crippen LogP contribution in [0.25, 0.3) is 0 Å². The van der Waals surface area contributed by atoms with Gasteiger partial charge in [-0.2, -0.15) is 0 Å². The fourth-order valence-corrected chi connectivity index (χ4v) is 3.13. The Morgan fingerprint density at radius 2 is 1.90 bits per heavy atom. The third-order valence-electron chi connectivity index (χ3n) is 4.40. The van der Waals surface area contributed by atoms with Crippen molar-refractivity contribution in [1.29, 1.82) is 0 Å². The first kappa shape index (κ1) is 16.1. The number of nitrogens with one attached hydrogen (secondary N) is 1. The molecular weight excluding hydrogens is 268 g/mol. The Morgan fingerprint density at radius 1 is 1.19 bits per heavy atom. The second-order valence-electron chi connectivity index (χ2n) is 7.44. The molecule has 0 aromatic rings. The lowest BCUT2D eigenvalue weighted by molar-refractivity contribution is -0.125. The monoisotopic (exact) mass is 296 g/mol. The zero-order chi connectivity index (χ0) is 15.6. The molecular formula is C16H28N2O3. The van der Waals surface area contributed by atoms with Gasteiger partial charge in [0.05, 0.1) is 5.92 Å². The van der Waals surface area contributed by atoms with Crippen molar-refractivity contribution in [2.24, 2.45) is 11.8 Å². The topological polar surface area (TPSA) is 58.6 Å². The summed E-state index contributed by atoms with van der Waals surface area (Å²) in [4.78, 5) is 26.0. The van der Waals surface area contributed by atoms with E-state index in [4.69, 9.17) is 4.74 Å². The molecule has 0 bridgehead atoms. The molecule has 5 heteroatoms. The molecule has 21 heavy (non-hydrogen) atoms. The number of ether oxygens (including phenoxy) is 1. The number of rotatable bonds is 2. The largest absolute Gasteiger partial charge is 0.444 e. The van der Waals surface area contributed by atoms with E-state index in [-0.39, 0.29) is 17.9 Å². The van der Waals surface area contributed by atoms with Gasteiger partial charge in [0.15, 0.2) is 0 Å². The number of nitrogens with zero attached hydrogens (tertiary/aromatic N) is 1. The van der Waals surface area contributed by atoms with Gasteiger partial charge in [0.2, 0.25) is 5.91 Å². The predicted molar refractivity (Wildman–Crippen MR) is 80.9 cm³/mol. The summed E-state index contributed by atoms with van der Waals surface area (Å²) in [6, 6.07) is 0.313. The molecule has 0 unspecified atom stereocenters. The van der Waals surface area contributed by atoms with Gasteiger partial charge < -0.3 is 15.0 Å². The Bertz CT molecular complexity index is 403. The molecule has 2 fully saturated rings. The van der Waals surface area contributed by atoms with E-state index >= 15 is 0 Å². The third kappa shape index (κ3) is 4.35. The number of amides is 2. The van der Waals surface area contributed by atoms with Gasteiger partial charge in [0, 0.05) is 19.1 Å². The molecule has 2 amide bonds. The van der Waals surface area contributed by atoms with Crippen LogP contribution in [0.5, 0.6) is 0 Å². The van der Waals surface area contributed by atoms with Crippen molar-refractivity contribution in [3.63, 3.8) is 0 Å². The predicted octanol–water partition coefficient (Wildman–Crippen LogP) is 2.55. The average molecular weight is 296 g/mol. The molecule has 120 valence electrons. The standard InChI is InChI=1S/C16H28N2O3/c1-11-6-5-7-13(11)17-14(19)12-8-9-18(10-12)15(20)21-16(2,3)4/h11-13H,5-10H2,1-4H3,(H,17,19)/t11-,12-,13-/m1/s1. The first-order chi connectivity index (χ1) is 9.76. The molecule has 1 aliphatic heterocycles. The van der Waals surface area contributed by atoms with Gasteiger partial charge in [0.1, 0.15) is 5.60 Å². The molecule has 1 aliphatic carbocycles. The van der Waals surface area contributed by atoms with E-state index < -0.39 is 5.60 Å². The van der Waals surface area contributed by atoms with Crippen LogP contribution < -0.4 is 5.32 Å². The van der Waals surface area contributed by atoms with Gasteiger partial charge in [-0.1, -0.05) is 13.3 Å². The number of carbonyl (C=O) groups is 2. The van der Waals surface area contributed by atoms with Crippen LogP contribution in [0, 0.1) is 11.8 Å². The number of hydrogen-bond acceptors (Lipinski definition) is 3. The van der Waals surface area contributed by atoms with Crippen LogP contribution in [-0.2, 0) is 9.53 Å². The minimum atomic E-state index is -0.489. The Balaban J connectivity index is 1.81. The number of carbonyl (C=O) groups excluding carboxylic acids is 2. The van der Waals surface area contributed by atoms with Crippen molar-refractivity contribution in [3.8, 4) is 0 Å². The summed E-state index contributed by atoms with van der Waals surface area (Å²) in [5.41, 5.74) is -0.489. The Kier molecular flexibility index (Phi) is 4.79. The highest BCUT2D eigenvalue weighted by Crippen LogP contribution is 2.26. The zero-order valence-corrected chi connectivity index (χ0v) is 13.6. The molecule has 0 aromatic heterocycles. The maximum atomic E-state index is 12.3. The highest BCUT2D eigenvalue weighted by Gasteiger charge is 2.35. The zero-order valence-electron chi connectivity index (χ0n) is 13.6. The maximum absolute atomic E-state index is 12.3. The van der Waals surface area contributed by atoms with Crippen molar-refractivity contribution < 1.29 is 14.3 Å². The van der Waals surface area contributed by atoms with E-state index in [0.717, 1.165) is 12.8 Å². The van der Waals surface area contributed by atoms with Crippen LogP contribution >= 0.6 is 0 Å². The van der Waals surface area contributed by atoms with Crippen molar-refractivity contribution in [2.45, 2.75) is 65.0 Å². The SMILES string of the molecule is C[C@@H]1CCC[C@H]1NC(=O)[C@@H]1CCN(C(=O)OC(C)(C)C)C1. The van der Waals surface area contributed by atoms with Crippen LogP contribution in [0.15, 0.2) is 0 Å². The molecule has 0 spiro atoms. The van der Waals surface area contributed by atoms with E-state index in [1.54, 1.807) is 4.90 Å². The third-order valence-corrected chi connectivity index (χ3v) is 4.40. The number of hydrogen-bond donors (Lipinski definition) is 1. The molecule has 0 aromatic carbocycles. The Labute approximate surface area is 127 Å². The molecule has 3 atom stereocenters. The van der Waals surface area contributed by atoms with Crippen molar-refractivity contribution in [1.82, 2.24) is 10.2 Å². The van der Waals surface area contributed by atoms with E-state index in [1.165, 1.54) is 12.8 Å². The molecule has 1 saturated carbocycles. The van der Waals surface area contributed by atoms with Gasteiger partial charge in [-0.3, -0.25) is 4.79 Å². The first-order valence-corrected chi connectivity index (χ1v) is 8.04. The van der Waals surface area contributed by atoms with Gasteiger partial charge in [-0.25, -0.2) is 4.79 Å². The van der Waals surface area contributed by atoms with Gasteiger partial charge in [0.25, 0.3) is 0 Å². The average Bonchev–Trinajstić information content (AvgIpc) is 2.97. The summed E-state index contributed by atoms with van der Waals surface area (Å²) in [6.45, 7) is 8.83. The highest BCUT2D eigenvalue weighted by molar-refractivity contribution is 5.81. The Morgan fingerprint density at radius 3 is 2.48 bits per heavy atom. The number of likely N-dealkylation sites (tertiary alicyclic amines) is 1.